The van der Waals surface area contributed by atoms with E-state index < -0.39 is 29.6 Å². The molecule has 8 nitrogen and oxygen atoms in total. The molecule has 2 unspecified atom stereocenters. The molecule has 4 amide bonds. The lowest BCUT2D eigenvalue weighted by Crippen LogP contribution is -2.57. The smallest absolute Gasteiger partial charge is 0.424 e. The SMILES string of the molecule is CC(C)(C)OC(=O)N1C(=O)CCC(N2CC(c3cccc(OCc4ccccc4)c3)CC2=O)C1=O. The number of carbonyl (C=O) groups excluding carboxylic acids is 4. The summed E-state index contributed by atoms with van der Waals surface area (Å²) in [5.41, 5.74) is 1.14. The Morgan fingerprint density at radius 3 is 2.46 bits per heavy atom. The summed E-state index contributed by atoms with van der Waals surface area (Å²) >= 11 is 0. The van der Waals surface area contributed by atoms with Crippen LogP contribution in [0, 0.1) is 0 Å². The van der Waals surface area contributed by atoms with Gasteiger partial charge in [0.05, 0.1) is 0 Å². The summed E-state index contributed by atoms with van der Waals surface area (Å²) in [6.07, 6.45) is -0.571. The van der Waals surface area contributed by atoms with Gasteiger partial charge in [-0.1, -0.05) is 42.5 Å². The summed E-state index contributed by atoms with van der Waals surface area (Å²) in [6, 6.07) is 16.6. The summed E-state index contributed by atoms with van der Waals surface area (Å²) in [6.45, 7) is 5.74. The highest BCUT2D eigenvalue weighted by molar-refractivity contribution is 6.12. The number of hydrogen-bond donors (Lipinski definition) is 0. The lowest BCUT2D eigenvalue weighted by atomic mass is 9.98. The second-order valence-electron chi connectivity index (χ2n) is 9.90. The molecule has 2 saturated heterocycles. The fourth-order valence-corrected chi connectivity index (χ4v) is 4.41. The Labute approximate surface area is 204 Å². The minimum absolute atomic E-state index is 0.00704. The van der Waals surface area contributed by atoms with Crippen molar-refractivity contribution < 1.29 is 28.7 Å². The Morgan fingerprint density at radius 2 is 1.74 bits per heavy atom. The Hall–Kier alpha value is -3.68. The summed E-state index contributed by atoms with van der Waals surface area (Å²) in [5.74, 6) is -0.908. The van der Waals surface area contributed by atoms with Gasteiger partial charge in [0.2, 0.25) is 11.8 Å². The molecule has 0 spiro atoms. The molecule has 184 valence electrons. The number of ether oxygens (including phenoxy) is 2. The number of benzene rings is 2. The highest BCUT2D eigenvalue weighted by Gasteiger charge is 2.46. The van der Waals surface area contributed by atoms with Gasteiger partial charge in [0, 0.05) is 25.3 Å². The van der Waals surface area contributed by atoms with Crippen molar-refractivity contribution in [3.8, 4) is 5.75 Å². The molecule has 0 aliphatic carbocycles. The molecule has 2 aliphatic heterocycles. The highest BCUT2D eigenvalue weighted by Crippen LogP contribution is 2.34. The van der Waals surface area contributed by atoms with Crippen LogP contribution in [0.2, 0.25) is 0 Å². The molecule has 2 atom stereocenters. The Bertz CT molecular complexity index is 1120. The molecular formula is C27H30N2O6. The maximum atomic E-state index is 13.1. The predicted octanol–water partition coefficient (Wildman–Crippen LogP) is 4.03. The number of imide groups is 3. The van der Waals surface area contributed by atoms with E-state index in [2.05, 4.69) is 0 Å². The molecule has 4 rings (SSSR count). The second-order valence-corrected chi connectivity index (χ2v) is 9.90. The normalized spacial score (nSPS) is 20.8. The Kier molecular flexibility index (Phi) is 6.91. The van der Waals surface area contributed by atoms with Gasteiger partial charge < -0.3 is 14.4 Å². The Morgan fingerprint density at radius 1 is 1.00 bits per heavy atom. The van der Waals surface area contributed by atoms with Crippen LogP contribution in [-0.4, -0.2) is 51.8 Å². The number of amides is 4. The third kappa shape index (κ3) is 5.70. The number of piperidine rings is 1. The summed E-state index contributed by atoms with van der Waals surface area (Å²) < 4.78 is 11.2. The zero-order valence-corrected chi connectivity index (χ0v) is 20.2. The first-order valence-electron chi connectivity index (χ1n) is 11.8. The standard InChI is InChI=1S/C27H30N2O6/c1-27(2,3)35-26(33)29-23(30)13-12-22(25(29)32)28-16-20(15-24(28)31)19-10-7-11-21(14-19)34-17-18-8-5-4-6-9-18/h4-11,14,20,22H,12-13,15-17H2,1-3H3. The van der Waals surface area contributed by atoms with Gasteiger partial charge in [-0.25, -0.2) is 4.79 Å². The average Bonchev–Trinajstić information content (AvgIpc) is 3.19. The van der Waals surface area contributed by atoms with Gasteiger partial charge >= 0.3 is 6.09 Å². The largest absolute Gasteiger partial charge is 0.489 e. The van der Waals surface area contributed by atoms with E-state index in [1.54, 1.807) is 20.8 Å². The van der Waals surface area contributed by atoms with Crippen molar-refractivity contribution in [2.45, 2.75) is 64.2 Å². The fourth-order valence-electron chi connectivity index (χ4n) is 4.41. The number of hydrogen-bond acceptors (Lipinski definition) is 6. The van der Waals surface area contributed by atoms with Crippen molar-refractivity contribution >= 4 is 23.8 Å². The molecule has 2 aromatic rings. The minimum atomic E-state index is -0.997. The monoisotopic (exact) mass is 478 g/mol. The van der Waals surface area contributed by atoms with E-state index >= 15 is 0 Å². The van der Waals surface area contributed by atoms with Crippen LogP contribution in [0.25, 0.3) is 0 Å². The quantitative estimate of drug-likeness (QED) is 0.603. The molecule has 0 saturated carbocycles. The third-order valence-corrected chi connectivity index (χ3v) is 6.08. The molecule has 8 heteroatoms. The van der Waals surface area contributed by atoms with E-state index in [0.29, 0.717) is 23.8 Å². The summed E-state index contributed by atoms with van der Waals surface area (Å²) in [4.78, 5) is 52.9. The van der Waals surface area contributed by atoms with Gasteiger partial charge in [-0.05, 0) is 50.5 Å². The average molecular weight is 479 g/mol. The molecular weight excluding hydrogens is 448 g/mol. The summed E-state index contributed by atoms with van der Waals surface area (Å²) in [5, 5.41) is 0. The molecule has 2 fully saturated rings. The predicted molar refractivity (Wildman–Crippen MR) is 127 cm³/mol. The maximum Gasteiger partial charge on any atom is 0.424 e. The van der Waals surface area contributed by atoms with Crippen molar-refractivity contribution in [1.82, 2.24) is 9.80 Å². The number of carbonyl (C=O) groups is 4. The van der Waals surface area contributed by atoms with Crippen molar-refractivity contribution in [2.24, 2.45) is 0 Å². The Balaban J connectivity index is 1.44. The summed E-state index contributed by atoms with van der Waals surface area (Å²) in [7, 11) is 0. The van der Waals surface area contributed by atoms with E-state index in [0.717, 1.165) is 11.1 Å². The van der Waals surface area contributed by atoms with E-state index in [1.165, 1.54) is 4.90 Å². The van der Waals surface area contributed by atoms with Crippen LogP contribution in [0.4, 0.5) is 4.79 Å². The van der Waals surface area contributed by atoms with E-state index in [9.17, 15) is 19.2 Å². The van der Waals surface area contributed by atoms with Gasteiger partial charge in [-0.2, -0.15) is 4.90 Å². The molecule has 0 radical (unpaired) electrons. The van der Waals surface area contributed by atoms with Gasteiger partial charge in [0.15, 0.2) is 0 Å². The lowest BCUT2D eigenvalue weighted by molar-refractivity contribution is -0.154. The van der Waals surface area contributed by atoms with Crippen LogP contribution in [0.1, 0.15) is 57.1 Å². The van der Waals surface area contributed by atoms with Gasteiger partial charge in [-0.3, -0.25) is 14.4 Å². The number of likely N-dealkylation sites (tertiary alicyclic amines) is 2. The minimum Gasteiger partial charge on any atom is -0.489 e. The first-order valence-corrected chi connectivity index (χ1v) is 11.8. The van der Waals surface area contributed by atoms with E-state index in [1.807, 2.05) is 54.6 Å². The first kappa shape index (κ1) is 24.4. The van der Waals surface area contributed by atoms with Gasteiger partial charge in [0.25, 0.3) is 5.91 Å². The van der Waals surface area contributed by atoms with Gasteiger partial charge in [0.1, 0.15) is 24.0 Å². The van der Waals surface area contributed by atoms with E-state index in [4.69, 9.17) is 9.47 Å². The zero-order valence-electron chi connectivity index (χ0n) is 20.2. The highest BCUT2D eigenvalue weighted by atomic mass is 16.6. The molecule has 2 aromatic carbocycles. The van der Waals surface area contributed by atoms with Crippen LogP contribution in [-0.2, 0) is 25.7 Å². The fraction of sp³-hybridized carbons (Fsp3) is 0.407. The zero-order chi connectivity index (χ0) is 25.2. The van der Waals surface area contributed by atoms with Crippen LogP contribution in [0.15, 0.2) is 54.6 Å². The molecule has 0 N–H and O–H groups in total. The maximum absolute atomic E-state index is 13.1. The number of nitrogens with zero attached hydrogens (tertiary/aromatic N) is 2. The molecule has 2 aliphatic rings. The van der Waals surface area contributed by atoms with Gasteiger partial charge in [-0.15, -0.1) is 0 Å². The van der Waals surface area contributed by atoms with Crippen LogP contribution >= 0.6 is 0 Å². The molecule has 2 heterocycles. The van der Waals surface area contributed by atoms with Crippen LogP contribution < -0.4 is 4.74 Å². The third-order valence-electron chi connectivity index (χ3n) is 6.08. The number of rotatable bonds is 5. The van der Waals surface area contributed by atoms with Crippen LogP contribution in [0.5, 0.6) is 5.75 Å². The topological polar surface area (TPSA) is 93.2 Å². The lowest BCUT2D eigenvalue weighted by Gasteiger charge is -2.35. The second kappa shape index (κ2) is 9.90. The molecule has 0 bridgehead atoms. The van der Waals surface area contributed by atoms with Crippen molar-refractivity contribution in [1.29, 1.82) is 0 Å². The van der Waals surface area contributed by atoms with Crippen LogP contribution in [0.3, 0.4) is 0 Å². The van der Waals surface area contributed by atoms with Crippen molar-refractivity contribution in [3.05, 3.63) is 65.7 Å². The van der Waals surface area contributed by atoms with E-state index in [-0.39, 0.29) is 31.1 Å². The molecule has 0 aromatic heterocycles. The van der Waals surface area contributed by atoms with Crippen molar-refractivity contribution in [2.75, 3.05) is 6.54 Å². The van der Waals surface area contributed by atoms with Crippen molar-refractivity contribution in [3.63, 3.8) is 0 Å². The molecule has 35 heavy (non-hydrogen) atoms. The first-order chi connectivity index (χ1) is 16.6.